The lowest BCUT2D eigenvalue weighted by Gasteiger charge is -2.07. The molecule has 0 saturated carbocycles. The first kappa shape index (κ1) is 10.4. The van der Waals surface area contributed by atoms with Crippen molar-refractivity contribution in [2.24, 2.45) is 7.05 Å². The molecular weight excluding hydrogens is 184 g/mol. The van der Waals surface area contributed by atoms with Gasteiger partial charge in [-0.05, 0) is 19.4 Å². The van der Waals surface area contributed by atoms with Crippen LogP contribution in [0.3, 0.4) is 0 Å². The first-order valence-electron chi connectivity index (χ1n) is 4.12. The highest BCUT2D eigenvalue weighted by Crippen LogP contribution is 2.06. The van der Waals surface area contributed by atoms with Gasteiger partial charge in [0.25, 0.3) is 5.56 Å². The van der Waals surface area contributed by atoms with Crippen LogP contribution in [0.2, 0.25) is 0 Å². The highest BCUT2D eigenvalue weighted by atomic mass is 16.5. The molecule has 1 aromatic rings. The number of ether oxygens (including phenoxy) is 1. The Kier molecular flexibility index (Phi) is 2.69. The van der Waals surface area contributed by atoms with Crippen molar-refractivity contribution in [1.29, 1.82) is 0 Å². The predicted octanol–water partition coefficient (Wildman–Crippen LogP) is 0.184. The number of methoxy groups -OCH3 is 1. The summed E-state index contributed by atoms with van der Waals surface area (Å²) in [5.74, 6) is -0.617. The lowest BCUT2D eigenvalue weighted by atomic mass is 10.1. The van der Waals surface area contributed by atoms with E-state index in [1.54, 1.807) is 13.8 Å². The molecule has 5 nitrogen and oxygen atoms in total. The van der Waals surface area contributed by atoms with Gasteiger partial charge in [-0.1, -0.05) is 0 Å². The van der Waals surface area contributed by atoms with Crippen LogP contribution in [-0.4, -0.2) is 22.9 Å². The van der Waals surface area contributed by atoms with Gasteiger partial charge in [-0.2, -0.15) is 5.10 Å². The minimum absolute atomic E-state index is 0.0579. The van der Waals surface area contributed by atoms with Crippen LogP contribution in [0.4, 0.5) is 0 Å². The third kappa shape index (κ3) is 1.53. The fraction of sp³-hybridized carbons (Fsp3) is 0.444. The van der Waals surface area contributed by atoms with E-state index in [1.807, 2.05) is 0 Å². The standard InChI is InChI=1S/C9H12N2O3/c1-5-6(2)10-11(3)8(12)7(5)9(13)14-4/h1-4H3. The van der Waals surface area contributed by atoms with Crippen LogP contribution in [0.1, 0.15) is 21.6 Å². The van der Waals surface area contributed by atoms with Crippen molar-refractivity contribution in [2.75, 3.05) is 7.11 Å². The van der Waals surface area contributed by atoms with Crippen molar-refractivity contribution in [3.05, 3.63) is 27.2 Å². The monoisotopic (exact) mass is 196 g/mol. The molecule has 0 spiro atoms. The lowest BCUT2D eigenvalue weighted by Crippen LogP contribution is -2.29. The average molecular weight is 196 g/mol. The first-order chi connectivity index (χ1) is 6.49. The predicted molar refractivity (Wildman–Crippen MR) is 50.3 cm³/mol. The number of carbonyl (C=O) groups is 1. The molecule has 1 aromatic heterocycles. The molecule has 5 heteroatoms. The topological polar surface area (TPSA) is 61.2 Å². The highest BCUT2D eigenvalue weighted by molar-refractivity contribution is 5.90. The fourth-order valence-corrected chi connectivity index (χ4v) is 1.19. The normalized spacial score (nSPS) is 10.0. The van der Waals surface area contributed by atoms with Gasteiger partial charge in [0.2, 0.25) is 0 Å². The van der Waals surface area contributed by atoms with E-state index < -0.39 is 11.5 Å². The summed E-state index contributed by atoms with van der Waals surface area (Å²) in [6.07, 6.45) is 0. The van der Waals surface area contributed by atoms with Gasteiger partial charge in [-0.3, -0.25) is 4.79 Å². The molecule has 0 amide bonds. The van der Waals surface area contributed by atoms with Crippen molar-refractivity contribution < 1.29 is 9.53 Å². The Morgan fingerprint density at radius 1 is 1.43 bits per heavy atom. The zero-order valence-corrected chi connectivity index (χ0v) is 8.62. The van der Waals surface area contributed by atoms with Gasteiger partial charge in [-0.15, -0.1) is 0 Å². The van der Waals surface area contributed by atoms with Crippen LogP contribution < -0.4 is 5.56 Å². The van der Waals surface area contributed by atoms with Gasteiger partial charge < -0.3 is 4.74 Å². The number of rotatable bonds is 1. The van der Waals surface area contributed by atoms with Crippen LogP contribution in [-0.2, 0) is 11.8 Å². The second-order valence-electron chi connectivity index (χ2n) is 3.01. The molecule has 0 aromatic carbocycles. The maximum Gasteiger partial charge on any atom is 0.343 e. The Labute approximate surface area is 81.3 Å². The van der Waals surface area contributed by atoms with E-state index in [1.165, 1.54) is 14.2 Å². The van der Waals surface area contributed by atoms with Crippen molar-refractivity contribution in [1.82, 2.24) is 9.78 Å². The van der Waals surface area contributed by atoms with Gasteiger partial charge in [-0.25, -0.2) is 9.48 Å². The molecule has 0 saturated heterocycles. The minimum atomic E-state index is -0.617. The third-order valence-corrected chi connectivity index (χ3v) is 2.12. The van der Waals surface area contributed by atoms with Gasteiger partial charge in [0.05, 0.1) is 12.8 Å². The zero-order valence-electron chi connectivity index (χ0n) is 8.62. The van der Waals surface area contributed by atoms with Gasteiger partial charge in [0.15, 0.2) is 0 Å². The summed E-state index contributed by atoms with van der Waals surface area (Å²) < 4.78 is 5.66. The molecule has 0 fully saturated rings. The van der Waals surface area contributed by atoms with E-state index in [2.05, 4.69) is 9.84 Å². The molecule has 0 aliphatic heterocycles. The zero-order chi connectivity index (χ0) is 10.9. The molecule has 0 atom stereocenters. The Balaban J connectivity index is 3.56. The SMILES string of the molecule is COC(=O)c1c(C)c(C)nn(C)c1=O. The van der Waals surface area contributed by atoms with Crippen LogP contribution in [0.15, 0.2) is 4.79 Å². The maximum absolute atomic E-state index is 11.5. The fourth-order valence-electron chi connectivity index (χ4n) is 1.19. The minimum Gasteiger partial charge on any atom is -0.465 e. The molecular formula is C9H12N2O3. The first-order valence-corrected chi connectivity index (χ1v) is 4.12. The molecule has 0 radical (unpaired) electrons. The summed E-state index contributed by atoms with van der Waals surface area (Å²) in [5.41, 5.74) is 0.843. The summed E-state index contributed by atoms with van der Waals surface area (Å²) in [5, 5.41) is 3.95. The van der Waals surface area contributed by atoms with E-state index in [-0.39, 0.29) is 5.56 Å². The van der Waals surface area contributed by atoms with Crippen molar-refractivity contribution >= 4 is 5.97 Å². The summed E-state index contributed by atoms with van der Waals surface area (Å²) in [6, 6.07) is 0. The van der Waals surface area contributed by atoms with E-state index in [0.29, 0.717) is 11.3 Å². The van der Waals surface area contributed by atoms with Gasteiger partial charge >= 0.3 is 5.97 Å². The molecule has 0 bridgehead atoms. The number of hydrogen-bond donors (Lipinski definition) is 0. The van der Waals surface area contributed by atoms with Crippen molar-refractivity contribution in [3.8, 4) is 0 Å². The summed E-state index contributed by atoms with van der Waals surface area (Å²) in [4.78, 5) is 22.8. The number of carbonyl (C=O) groups excluding carboxylic acids is 1. The van der Waals surface area contributed by atoms with Crippen LogP contribution in [0.5, 0.6) is 0 Å². The largest absolute Gasteiger partial charge is 0.465 e. The molecule has 0 unspecified atom stereocenters. The second kappa shape index (κ2) is 3.61. The second-order valence-corrected chi connectivity index (χ2v) is 3.01. The van der Waals surface area contributed by atoms with Crippen molar-refractivity contribution in [2.45, 2.75) is 13.8 Å². The molecule has 0 aliphatic carbocycles. The summed E-state index contributed by atoms with van der Waals surface area (Å²) in [7, 11) is 2.75. The van der Waals surface area contributed by atoms with Crippen LogP contribution in [0, 0.1) is 13.8 Å². The van der Waals surface area contributed by atoms with Crippen LogP contribution >= 0.6 is 0 Å². The highest BCUT2D eigenvalue weighted by Gasteiger charge is 2.17. The van der Waals surface area contributed by atoms with Crippen LogP contribution in [0.25, 0.3) is 0 Å². The number of nitrogens with zero attached hydrogens (tertiary/aromatic N) is 2. The van der Waals surface area contributed by atoms with Crippen molar-refractivity contribution in [3.63, 3.8) is 0 Å². The lowest BCUT2D eigenvalue weighted by molar-refractivity contribution is 0.0596. The maximum atomic E-state index is 11.5. The molecule has 1 heterocycles. The van der Waals surface area contributed by atoms with E-state index >= 15 is 0 Å². The summed E-state index contributed by atoms with van der Waals surface area (Å²) in [6.45, 7) is 3.41. The Hall–Kier alpha value is -1.65. The summed E-state index contributed by atoms with van der Waals surface area (Å²) >= 11 is 0. The number of aryl methyl sites for hydroxylation is 2. The molecule has 0 N–H and O–H groups in total. The van der Waals surface area contributed by atoms with E-state index in [4.69, 9.17) is 0 Å². The molecule has 0 aliphatic rings. The quantitative estimate of drug-likeness (QED) is 0.601. The third-order valence-electron chi connectivity index (χ3n) is 2.12. The number of aromatic nitrogens is 2. The molecule has 1 rings (SSSR count). The molecule has 76 valence electrons. The molecule has 14 heavy (non-hydrogen) atoms. The number of hydrogen-bond acceptors (Lipinski definition) is 4. The van der Waals surface area contributed by atoms with Gasteiger partial charge in [0.1, 0.15) is 5.56 Å². The van der Waals surface area contributed by atoms with E-state index in [9.17, 15) is 9.59 Å². The van der Waals surface area contributed by atoms with Gasteiger partial charge in [0, 0.05) is 7.05 Å². The van der Waals surface area contributed by atoms with E-state index in [0.717, 1.165) is 4.68 Å². The Bertz CT molecular complexity index is 434. The number of esters is 1. The smallest absolute Gasteiger partial charge is 0.343 e. The Morgan fingerprint density at radius 2 is 2.00 bits per heavy atom. The average Bonchev–Trinajstić information content (AvgIpc) is 2.15. The Morgan fingerprint density at radius 3 is 2.50 bits per heavy atom.